The molecule has 0 heterocycles. The number of halogens is 2. The molecule has 6 heteroatoms. The van der Waals surface area contributed by atoms with Gasteiger partial charge in [-0.2, -0.15) is 0 Å². The maximum atomic E-state index is 13.0. The molecule has 0 aliphatic rings. The van der Waals surface area contributed by atoms with Crippen molar-refractivity contribution in [2.75, 3.05) is 7.11 Å². The first kappa shape index (κ1) is 23.2. The Morgan fingerprint density at radius 3 is 2.10 bits per heavy atom. The quantitative estimate of drug-likeness (QED) is 0.472. The Morgan fingerprint density at radius 2 is 1.47 bits per heavy atom. The van der Waals surface area contributed by atoms with E-state index in [1.807, 2.05) is 30.3 Å². The van der Waals surface area contributed by atoms with Gasteiger partial charge in [0.25, 0.3) is 0 Å². The monoisotopic (exact) mass is 430 g/mol. The molecule has 0 aliphatic carbocycles. The van der Waals surface area contributed by atoms with E-state index in [2.05, 4.69) is 0 Å². The van der Waals surface area contributed by atoms with Crippen LogP contribution >= 0.6 is 12.4 Å². The predicted octanol–water partition coefficient (Wildman–Crippen LogP) is 5.71. The van der Waals surface area contributed by atoms with Gasteiger partial charge in [0, 0.05) is 0 Å². The van der Waals surface area contributed by atoms with Gasteiger partial charge in [0.1, 0.15) is 12.4 Å². The van der Waals surface area contributed by atoms with Crippen molar-refractivity contribution in [1.82, 2.24) is 0 Å². The Balaban J connectivity index is 0.00000320. The molecule has 0 aromatic heterocycles. The fraction of sp³-hybridized carbons (Fsp3) is 0.208. The van der Waals surface area contributed by atoms with Crippen LogP contribution < -0.4 is 9.47 Å². The second kappa shape index (κ2) is 11.2. The summed E-state index contributed by atoms with van der Waals surface area (Å²) < 4.78 is 24.3. The molecule has 0 saturated carbocycles. The molecular formula is C24H24ClFO4. The second-order valence-corrected chi connectivity index (χ2v) is 6.76. The molecule has 0 spiro atoms. The summed E-state index contributed by atoms with van der Waals surface area (Å²) in [6.07, 6.45) is 2.67. The highest BCUT2D eigenvalue weighted by Crippen LogP contribution is 2.29. The van der Waals surface area contributed by atoms with Crippen LogP contribution in [0.3, 0.4) is 0 Å². The van der Waals surface area contributed by atoms with E-state index in [0.717, 1.165) is 36.0 Å². The fourth-order valence-electron chi connectivity index (χ4n) is 3.04. The predicted molar refractivity (Wildman–Crippen MR) is 116 cm³/mol. The van der Waals surface area contributed by atoms with Crippen molar-refractivity contribution in [3.8, 4) is 11.5 Å². The van der Waals surface area contributed by atoms with Crippen molar-refractivity contribution in [2.45, 2.75) is 25.9 Å². The number of hydrogen-bond acceptors (Lipinski definition) is 3. The standard InChI is InChI=1S/C24H23FO4.ClH/c1-28-23-15-18(4-2-3-17-5-10-20(11-6-17)24(26)27)9-14-22(23)29-16-19-7-12-21(25)13-8-19;/h5-15H,2-4,16H2,1H3,(H,26,27);1H. The highest BCUT2D eigenvalue weighted by molar-refractivity contribution is 5.87. The summed E-state index contributed by atoms with van der Waals surface area (Å²) in [5, 5.41) is 8.95. The van der Waals surface area contributed by atoms with E-state index >= 15 is 0 Å². The average Bonchev–Trinajstić information content (AvgIpc) is 2.74. The van der Waals surface area contributed by atoms with Gasteiger partial charge in [-0.05, 0) is 72.4 Å². The Hall–Kier alpha value is -3.05. The third-order valence-corrected chi connectivity index (χ3v) is 4.67. The molecule has 0 atom stereocenters. The van der Waals surface area contributed by atoms with Gasteiger partial charge >= 0.3 is 5.97 Å². The third-order valence-electron chi connectivity index (χ3n) is 4.67. The lowest BCUT2D eigenvalue weighted by molar-refractivity contribution is 0.0697. The van der Waals surface area contributed by atoms with Crippen LogP contribution in [0, 0.1) is 5.82 Å². The third kappa shape index (κ3) is 6.49. The summed E-state index contributed by atoms with van der Waals surface area (Å²) in [6.45, 7) is 0.336. The Kier molecular flexibility index (Phi) is 8.69. The van der Waals surface area contributed by atoms with Crippen LogP contribution in [0.2, 0.25) is 0 Å². The summed E-state index contributed by atoms with van der Waals surface area (Å²) in [4.78, 5) is 10.9. The smallest absolute Gasteiger partial charge is 0.335 e. The zero-order valence-electron chi connectivity index (χ0n) is 16.6. The van der Waals surface area contributed by atoms with Crippen LogP contribution in [-0.2, 0) is 19.4 Å². The lowest BCUT2D eigenvalue weighted by Crippen LogP contribution is -1.99. The lowest BCUT2D eigenvalue weighted by Gasteiger charge is -2.12. The van der Waals surface area contributed by atoms with Gasteiger partial charge in [-0.15, -0.1) is 12.4 Å². The van der Waals surface area contributed by atoms with Crippen molar-refractivity contribution < 1.29 is 23.8 Å². The average molecular weight is 431 g/mol. The molecule has 3 rings (SSSR count). The fourth-order valence-corrected chi connectivity index (χ4v) is 3.04. The van der Waals surface area contributed by atoms with Crippen molar-refractivity contribution in [2.24, 2.45) is 0 Å². The Bertz CT molecular complexity index is 956. The van der Waals surface area contributed by atoms with E-state index in [4.69, 9.17) is 14.6 Å². The van der Waals surface area contributed by atoms with Crippen LogP contribution in [0.15, 0.2) is 66.7 Å². The van der Waals surface area contributed by atoms with E-state index in [1.54, 1.807) is 31.4 Å². The van der Waals surface area contributed by atoms with Crippen molar-refractivity contribution in [1.29, 1.82) is 0 Å². The number of aryl methyl sites for hydroxylation is 2. The molecule has 0 saturated heterocycles. The molecular weight excluding hydrogens is 407 g/mol. The van der Waals surface area contributed by atoms with Crippen LogP contribution in [0.4, 0.5) is 4.39 Å². The molecule has 3 aromatic rings. The first-order valence-corrected chi connectivity index (χ1v) is 9.41. The number of rotatable bonds is 9. The van der Waals surface area contributed by atoms with Gasteiger partial charge in [0.05, 0.1) is 12.7 Å². The van der Waals surface area contributed by atoms with E-state index in [1.165, 1.54) is 12.1 Å². The summed E-state index contributed by atoms with van der Waals surface area (Å²) in [6, 6.07) is 19.1. The minimum atomic E-state index is -0.912. The minimum Gasteiger partial charge on any atom is -0.493 e. The van der Waals surface area contributed by atoms with Crippen molar-refractivity contribution in [3.63, 3.8) is 0 Å². The lowest BCUT2D eigenvalue weighted by atomic mass is 10.0. The summed E-state index contributed by atoms with van der Waals surface area (Å²) in [7, 11) is 1.61. The summed E-state index contributed by atoms with van der Waals surface area (Å²) in [5.41, 5.74) is 3.43. The maximum Gasteiger partial charge on any atom is 0.335 e. The molecule has 0 radical (unpaired) electrons. The van der Waals surface area contributed by atoms with E-state index in [0.29, 0.717) is 23.7 Å². The molecule has 30 heavy (non-hydrogen) atoms. The summed E-state index contributed by atoms with van der Waals surface area (Å²) >= 11 is 0. The second-order valence-electron chi connectivity index (χ2n) is 6.76. The number of aromatic carboxylic acids is 1. The molecule has 0 bridgehead atoms. The Labute approximate surface area is 181 Å². The van der Waals surface area contributed by atoms with Crippen LogP contribution in [0.1, 0.15) is 33.5 Å². The van der Waals surface area contributed by atoms with Crippen LogP contribution in [0.25, 0.3) is 0 Å². The maximum absolute atomic E-state index is 13.0. The van der Waals surface area contributed by atoms with Crippen molar-refractivity contribution in [3.05, 3.63) is 94.8 Å². The molecule has 0 aliphatic heterocycles. The minimum absolute atomic E-state index is 0. The molecule has 3 aromatic carbocycles. The van der Waals surface area contributed by atoms with Crippen LogP contribution in [-0.4, -0.2) is 18.2 Å². The van der Waals surface area contributed by atoms with Gasteiger partial charge in [-0.25, -0.2) is 9.18 Å². The molecule has 0 unspecified atom stereocenters. The topological polar surface area (TPSA) is 55.8 Å². The normalized spacial score (nSPS) is 10.2. The van der Waals surface area contributed by atoms with E-state index in [-0.39, 0.29) is 18.2 Å². The number of hydrogen-bond donors (Lipinski definition) is 1. The van der Waals surface area contributed by atoms with Gasteiger partial charge in [-0.3, -0.25) is 0 Å². The number of benzene rings is 3. The molecule has 158 valence electrons. The van der Waals surface area contributed by atoms with Gasteiger partial charge in [-0.1, -0.05) is 30.3 Å². The highest BCUT2D eigenvalue weighted by atomic mass is 35.5. The molecule has 0 amide bonds. The molecule has 1 N–H and O–H groups in total. The SMILES string of the molecule is COc1cc(CCCc2ccc(C(=O)O)cc2)ccc1OCc1ccc(F)cc1.Cl. The largest absolute Gasteiger partial charge is 0.493 e. The number of carboxylic acid groups (broad SMARTS) is 1. The van der Waals surface area contributed by atoms with Crippen molar-refractivity contribution >= 4 is 18.4 Å². The first-order chi connectivity index (χ1) is 14.0. The molecule has 0 fully saturated rings. The van der Waals surface area contributed by atoms with E-state index < -0.39 is 5.97 Å². The first-order valence-electron chi connectivity index (χ1n) is 9.41. The number of ether oxygens (including phenoxy) is 2. The van der Waals surface area contributed by atoms with Gasteiger partial charge in [0.2, 0.25) is 0 Å². The van der Waals surface area contributed by atoms with Gasteiger partial charge < -0.3 is 14.6 Å². The number of methoxy groups -OCH3 is 1. The van der Waals surface area contributed by atoms with Crippen LogP contribution in [0.5, 0.6) is 11.5 Å². The molecule has 4 nitrogen and oxygen atoms in total. The van der Waals surface area contributed by atoms with Gasteiger partial charge in [0.15, 0.2) is 11.5 Å². The van der Waals surface area contributed by atoms with E-state index in [9.17, 15) is 9.18 Å². The highest BCUT2D eigenvalue weighted by Gasteiger charge is 2.07. The zero-order valence-corrected chi connectivity index (χ0v) is 17.5. The summed E-state index contributed by atoms with van der Waals surface area (Å²) in [5.74, 6) is 0.124. The zero-order chi connectivity index (χ0) is 20.6. The Morgan fingerprint density at radius 1 is 0.867 bits per heavy atom. The number of carboxylic acids is 1. The number of carbonyl (C=O) groups is 1.